The number of carboxylic acids is 1. The summed E-state index contributed by atoms with van der Waals surface area (Å²) in [7, 11) is 0. The number of halogens is 3. The van der Waals surface area contributed by atoms with Gasteiger partial charge in [0.25, 0.3) is 5.91 Å². The fraction of sp³-hybridized carbons (Fsp3) is 0.478. The van der Waals surface area contributed by atoms with Gasteiger partial charge in [0.05, 0.1) is 23.8 Å². The molecule has 3 aromatic rings. The number of aliphatic carboxylic acids is 1. The number of carboxylic acid groups (broad SMARTS) is 1. The van der Waals surface area contributed by atoms with Crippen molar-refractivity contribution in [3.63, 3.8) is 0 Å². The molecule has 36 heavy (non-hydrogen) atoms. The third-order valence-electron chi connectivity index (χ3n) is 6.12. The molecular formula is C23H26F3N7O3. The van der Waals surface area contributed by atoms with E-state index in [-0.39, 0.29) is 11.8 Å². The van der Waals surface area contributed by atoms with Crippen LogP contribution in [-0.2, 0) is 4.79 Å². The smallest absolute Gasteiger partial charge is 0.475 e. The standard InChI is InChI=1S/C21H25N7O.C2HF3O2/c1-15-11-23-18(12-22-15)21(29)27-10-4-5-16(13-27)20-24-19-7-6-17(14-28(19)25-20)26-8-2-3-9-26;3-2(4,5)1(6)7/h6-7,11-12,14,16H,2-5,8-10,13H2,1H3;(H,6,7). The van der Waals surface area contributed by atoms with Gasteiger partial charge in [-0.3, -0.25) is 9.78 Å². The second-order valence-corrected chi connectivity index (χ2v) is 8.79. The summed E-state index contributed by atoms with van der Waals surface area (Å²) in [5.41, 5.74) is 3.26. The van der Waals surface area contributed by atoms with Crippen LogP contribution in [0.5, 0.6) is 0 Å². The lowest BCUT2D eigenvalue weighted by atomic mass is 9.97. The molecule has 2 aliphatic heterocycles. The van der Waals surface area contributed by atoms with E-state index >= 15 is 0 Å². The first-order valence-corrected chi connectivity index (χ1v) is 11.6. The molecule has 1 unspecified atom stereocenters. The number of anilines is 1. The predicted molar refractivity (Wildman–Crippen MR) is 123 cm³/mol. The summed E-state index contributed by atoms with van der Waals surface area (Å²) in [5.74, 6) is -1.87. The van der Waals surface area contributed by atoms with Gasteiger partial charge in [-0.2, -0.15) is 18.3 Å². The molecule has 2 saturated heterocycles. The average Bonchev–Trinajstić information content (AvgIpc) is 3.54. The molecule has 5 rings (SSSR count). The predicted octanol–water partition coefficient (Wildman–Crippen LogP) is 3.08. The van der Waals surface area contributed by atoms with Crippen LogP contribution < -0.4 is 4.90 Å². The number of fused-ring (bicyclic) bond motifs is 1. The molecule has 0 bridgehead atoms. The number of piperidine rings is 1. The Balaban J connectivity index is 0.000000384. The van der Waals surface area contributed by atoms with Crippen LogP contribution in [0.15, 0.2) is 30.7 Å². The minimum absolute atomic E-state index is 0.0673. The van der Waals surface area contributed by atoms with Crippen LogP contribution in [0.2, 0.25) is 0 Å². The highest BCUT2D eigenvalue weighted by Gasteiger charge is 2.38. The van der Waals surface area contributed by atoms with Crippen LogP contribution in [0, 0.1) is 6.92 Å². The Bertz CT molecular complexity index is 1220. The summed E-state index contributed by atoms with van der Waals surface area (Å²) in [6.07, 6.45) is 4.60. The van der Waals surface area contributed by atoms with Crippen molar-refractivity contribution in [1.29, 1.82) is 0 Å². The molecule has 1 atom stereocenters. The van der Waals surface area contributed by atoms with Crippen LogP contribution in [0.25, 0.3) is 5.65 Å². The number of carbonyl (C=O) groups excluding carboxylic acids is 1. The highest BCUT2D eigenvalue weighted by Crippen LogP contribution is 2.27. The van der Waals surface area contributed by atoms with Gasteiger partial charge in [0.15, 0.2) is 11.5 Å². The summed E-state index contributed by atoms with van der Waals surface area (Å²) < 4.78 is 33.6. The number of pyridine rings is 1. The van der Waals surface area contributed by atoms with E-state index < -0.39 is 12.1 Å². The molecule has 5 heterocycles. The lowest BCUT2D eigenvalue weighted by Crippen LogP contribution is -2.39. The van der Waals surface area contributed by atoms with E-state index in [9.17, 15) is 18.0 Å². The molecule has 2 fully saturated rings. The Morgan fingerprint density at radius 2 is 1.78 bits per heavy atom. The van der Waals surface area contributed by atoms with Gasteiger partial charge in [-0.15, -0.1) is 0 Å². The molecule has 10 nitrogen and oxygen atoms in total. The Labute approximate surface area is 204 Å². The number of nitrogens with zero attached hydrogens (tertiary/aromatic N) is 7. The number of rotatable bonds is 3. The van der Waals surface area contributed by atoms with Crippen molar-refractivity contribution in [2.24, 2.45) is 0 Å². The third kappa shape index (κ3) is 5.89. The average molecular weight is 506 g/mol. The third-order valence-corrected chi connectivity index (χ3v) is 6.12. The number of hydrogen-bond acceptors (Lipinski definition) is 7. The molecule has 0 radical (unpaired) electrons. The Morgan fingerprint density at radius 3 is 2.42 bits per heavy atom. The maximum Gasteiger partial charge on any atom is 0.490 e. The number of alkyl halides is 3. The minimum Gasteiger partial charge on any atom is -0.475 e. The Kier molecular flexibility index (Phi) is 7.36. The summed E-state index contributed by atoms with van der Waals surface area (Å²) in [5, 5.41) is 11.9. The first-order valence-electron chi connectivity index (χ1n) is 11.6. The molecular weight excluding hydrogens is 479 g/mol. The van der Waals surface area contributed by atoms with Gasteiger partial charge in [0, 0.05) is 38.3 Å². The SMILES string of the molecule is Cc1cnc(C(=O)N2CCCC(c3nc4ccc(N5CCCC5)cn4n3)C2)cn1.O=C(O)C(F)(F)F. The van der Waals surface area contributed by atoms with Crippen molar-refractivity contribution in [2.45, 2.75) is 44.7 Å². The number of likely N-dealkylation sites (tertiary alicyclic amines) is 1. The van der Waals surface area contributed by atoms with Gasteiger partial charge >= 0.3 is 12.1 Å². The van der Waals surface area contributed by atoms with Gasteiger partial charge in [0.1, 0.15) is 5.69 Å². The zero-order chi connectivity index (χ0) is 25.9. The molecule has 1 amide bonds. The van der Waals surface area contributed by atoms with Crippen LogP contribution in [0.3, 0.4) is 0 Å². The van der Waals surface area contributed by atoms with Crippen molar-refractivity contribution in [3.05, 3.63) is 47.9 Å². The second kappa shape index (κ2) is 10.5. The largest absolute Gasteiger partial charge is 0.490 e. The maximum absolute atomic E-state index is 12.8. The normalized spacial score (nSPS) is 18.2. The van der Waals surface area contributed by atoms with E-state index in [0.29, 0.717) is 12.2 Å². The van der Waals surface area contributed by atoms with E-state index in [1.54, 1.807) is 12.4 Å². The zero-order valence-electron chi connectivity index (χ0n) is 19.6. The summed E-state index contributed by atoms with van der Waals surface area (Å²) in [6, 6.07) is 4.17. The minimum atomic E-state index is -5.08. The highest BCUT2D eigenvalue weighted by atomic mass is 19.4. The van der Waals surface area contributed by atoms with Crippen molar-refractivity contribution < 1.29 is 27.9 Å². The van der Waals surface area contributed by atoms with Gasteiger partial charge < -0.3 is 14.9 Å². The molecule has 0 aromatic carbocycles. The molecule has 0 spiro atoms. The molecule has 1 N–H and O–H groups in total. The van der Waals surface area contributed by atoms with Crippen molar-refractivity contribution >= 4 is 23.2 Å². The van der Waals surface area contributed by atoms with E-state index in [2.05, 4.69) is 27.1 Å². The van der Waals surface area contributed by atoms with E-state index in [1.165, 1.54) is 18.5 Å². The zero-order valence-corrected chi connectivity index (χ0v) is 19.6. The second-order valence-electron chi connectivity index (χ2n) is 8.79. The topological polar surface area (TPSA) is 117 Å². The Hall–Kier alpha value is -3.77. The van der Waals surface area contributed by atoms with E-state index in [0.717, 1.165) is 49.6 Å². The van der Waals surface area contributed by atoms with Gasteiger partial charge in [-0.05, 0) is 44.7 Å². The van der Waals surface area contributed by atoms with Gasteiger partial charge in [-0.1, -0.05) is 0 Å². The van der Waals surface area contributed by atoms with E-state index in [1.807, 2.05) is 22.4 Å². The van der Waals surface area contributed by atoms with Crippen LogP contribution >= 0.6 is 0 Å². The number of aromatic nitrogens is 5. The monoisotopic (exact) mass is 505 g/mol. The number of hydrogen-bond donors (Lipinski definition) is 1. The fourth-order valence-electron chi connectivity index (χ4n) is 4.26. The Morgan fingerprint density at radius 1 is 1.06 bits per heavy atom. The van der Waals surface area contributed by atoms with Gasteiger partial charge in [-0.25, -0.2) is 19.3 Å². The summed E-state index contributed by atoms with van der Waals surface area (Å²) in [6.45, 7) is 5.42. The van der Waals surface area contributed by atoms with Gasteiger partial charge in [0.2, 0.25) is 0 Å². The van der Waals surface area contributed by atoms with Crippen LogP contribution in [-0.4, -0.2) is 78.8 Å². The van der Waals surface area contributed by atoms with Crippen molar-refractivity contribution in [3.8, 4) is 0 Å². The first kappa shape index (κ1) is 25.3. The summed E-state index contributed by atoms with van der Waals surface area (Å²) >= 11 is 0. The lowest BCUT2D eigenvalue weighted by molar-refractivity contribution is -0.192. The van der Waals surface area contributed by atoms with E-state index in [4.69, 9.17) is 20.0 Å². The number of amides is 1. The van der Waals surface area contributed by atoms with Crippen molar-refractivity contribution in [1.82, 2.24) is 29.5 Å². The first-order chi connectivity index (χ1) is 17.1. The fourth-order valence-corrected chi connectivity index (χ4v) is 4.26. The van der Waals surface area contributed by atoms with Crippen LogP contribution in [0.1, 0.15) is 53.6 Å². The molecule has 192 valence electrons. The molecule has 0 aliphatic carbocycles. The van der Waals surface area contributed by atoms with Crippen LogP contribution in [0.4, 0.5) is 18.9 Å². The number of aryl methyl sites for hydroxylation is 1. The lowest BCUT2D eigenvalue weighted by Gasteiger charge is -2.31. The maximum atomic E-state index is 12.8. The molecule has 0 saturated carbocycles. The molecule has 3 aromatic heterocycles. The highest BCUT2D eigenvalue weighted by molar-refractivity contribution is 5.92. The molecule has 2 aliphatic rings. The molecule has 13 heteroatoms. The van der Waals surface area contributed by atoms with Crippen molar-refractivity contribution in [2.75, 3.05) is 31.1 Å². The summed E-state index contributed by atoms with van der Waals surface area (Å²) in [4.78, 5) is 39.2. The number of carbonyl (C=O) groups is 2. The quantitative estimate of drug-likeness (QED) is 0.577.